The molecule has 13 heavy (non-hydrogen) atoms. The van der Waals surface area contributed by atoms with E-state index in [1.54, 1.807) is 0 Å². The van der Waals surface area contributed by atoms with Crippen LogP contribution in [0.15, 0.2) is 27.7 Å². The summed E-state index contributed by atoms with van der Waals surface area (Å²) in [5.74, 6) is 0. The van der Waals surface area contributed by atoms with E-state index in [9.17, 15) is 5.11 Å². The Morgan fingerprint density at radius 3 is 2.77 bits per heavy atom. The lowest BCUT2D eigenvalue weighted by atomic mass is 10.1. The summed E-state index contributed by atoms with van der Waals surface area (Å²) in [6.07, 6.45) is 0.245. The van der Waals surface area contributed by atoms with Crippen molar-refractivity contribution in [2.24, 2.45) is 0 Å². The molecule has 0 heterocycles. The molecule has 0 aliphatic heterocycles. The number of aliphatic hydroxyl groups excluding tert-OH is 1. The molecule has 1 unspecified atom stereocenters. The van der Waals surface area contributed by atoms with E-state index in [1.807, 2.05) is 12.1 Å². The smallest absolute Gasteiger partial charge is 0.0847 e. The minimum absolute atomic E-state index is 0.398. The monoisotopic (exact) mass is 302 g/mol. The molecule has 0 spiro atoms. The molecule has 0 fully saturated rings. The average Bonchev–Trinajstić information content (AvgIpc) is 2.27. The summed E-state index contributed by atoms with van der Waals surface area (Å²) < 4.78 is 1.96. The molecule has 0 amide bonds. The Bertz CT molecular complexity index is 385. The van der Waals surface area contributed by atoms with E-state index in [0.29, 0.717) is 6.42 Å². The summed E-state index contributed by atoms with van der Waals surface area (Å²) in [5.41, 5.74) is 3.03. The van der Waals surface area contributed by atoms with Crippen molar-refractivity contribution in [1.29, 1.82) is 0 Å². The molecule has 3 heteroatoms. The van der Waals surface area contributed by atoms with E-state index in [2.05, 4.69) is 38.4 Å². The van der Waals surface area contributed by atoms with Crippen molar-refractivity contribution in [1.82, 2.24) is 0 Å². The fourth-order valence-corrected chi connectivity index (χ4v) is 3.15. The van der Waals surface area contributed by atoms with Gasteiger partial charge in [-0.05, 0) is 23.3 Å². The normalized spacial score (nSPS) is 20.5. The predicted octanol–water partition coefficient (Wildman–Crippen LogP) is 3.66. The Labute approximate surface area is 93.7 Å². The summed E-state index contributed by atoms with van der Waals surface area (Å²) in [5, 5.41) is 9.72. The maximum absolute atomic E-state index is 9.72. The van der Waals surface area contributed by atoms with Gasteiger partial charge in [0.2, 0.25) is 0 Å². The number of hydrogen-bond donors (Lipinski definition) is 1. The van der Waals surface area contributed by atoms with Gasteiger partial charge < -0.3 is 5.11 Å². The summed E-state index contributed by atoms with van der Waals surface area (Å²) in [7, 11) is 0. The van der Waals surface area contributed by atoms with Gasteiger partial charge in [0.15, 0.2) is 0 Å². The second-order valence-corrected chi connectivity index (χ2v) is 4.94. The highest BCUT2D eigenvalue weighted by atomic mass is 79.9. The van der Waals surface area contributed by atoms with Crippen LogP contribution >= 0.6 is 31.9 Å². The maximum atomic E-state index is 9.72. The zero-order valence-electron chi connectivity index (χ0n) is 6.85. The van der Waals surface area contributed by atoms with Gasteiger partial charge in [-0.1, -0.05) is 38.4 Å². The molecule has 1 atom stereocenters. The van der Waals surface area contributed by atoms with Gasteiger partial charge in [-0.25, -0.2) is 0 Å². The quantitative estimate of drug-likeness (QED) is 0.775. The van der Waals surface area contributed by atoms with Crippen LogP contribution in [-0.2, 0) is 0 Å². The molecule has 1 aromatic carbocycles. The van der Waals surface area contributed by atoms with Crippen LogP contribution in [-0.4, -0.2) is 5.11 Å². The third kappa shape index (κ3) is 1.49. The average molecular weight is 304 g/mol. The number of hydrogen-bond acceptors (Lipinski definition) is 1. The number of rotatable bonds is 0. The van der Waals surface area contributed by atoms with E-state index in [0.717, 1.165) is 25.6 Å². The van der Waals surface area contributed by atoms with Crippen LogP contribution in [0.2, 0.25) is 0 Å². The first-order valence-electron chi connectivity index (χ1n) is 3.94. The molecule has 2 rings (SSSR count). The third-order valence-electron chi connectivity index (χ3n) is 2.25. The highest BCUT2D eigenvalue weighted by molar-refractivity contribution is 9.11. The second kappa shape index (κ2) is 3.23. The highest BCUT2D eigenvalue weighted by Gasteiger charge is 2.25. The first kappa shape index (κ1) is 9.44. The van der Waals surface area contributed by atoms with Crippen LogP contribution in [0.5, 0.6) is 0 Å². The Hall–Kier alpha value is -0.120. The molecule has 0 bridgehead atoms. The van der Waals surface area contributed by atoms with Crippen LogP contribution in [0.3, 0.4) is 0 Å². The van der Waals surface area contributed by atoms with Crippen molar-refractivity contribution in [3.05, 3.63) is 38.8 Å². The van der Waals surface area contributed by atoms with Crippen LogP contribution in [0.1, 0.15) is 23.7 Å². The lowest BCUT2D eigenvalue weighted by Gasteiger charge is -2.06. The standard InChI is InChI=1S/C10H8Br2O/c1-5-2-9(13)10-7(5)3-6(11)4-8(10)12/h3-4,9,13H,1-2H2. The van der Waals surface area contributed by atoms with E-state index < -0.39 is 6.10 Å². The van der Waals surface area contributed by atoms with E-state index in [4.69, 9.17) is 0 Å². The molecule has 0 saturated heterocycles. The van der Waals surface area contributed by atoms with Crippen molar-refractivity contribution >= 4 is 37.4 Å². The highest BCUT2D eigenvalue weighted by Crippen LogP contribution is 2.43. The van der Waals surface area contributed by atoms with Gasteiger partial charge in [-0.15, -0.1) is 0 Å². The summed E-state index contributed by atoms with van der Waals surface area (Å²) in [4.78, 5) is 0. The number of aliphatic hydroxyl groups is 1. The molecule has 1 N–H and O–H groups in total. The molecular weight excluding hydrogens is 296 g/mol. The Morgan fingerprint density at radius 1 is 1.38 bits per heavy atom. The fourth-order valence-electron chi connectivity index (χ4n) is 1.66. The van der Waals surface area contributed by atoms with Gasteiger partial charge in [-0.3, -0.25) is 0 Å². The van der Waals surface area contributed by atoms with Crippen molar-refractivity contribution in [2.45, 2.75) is 12.5 Å². The Morgan fingerprint density at radius 2 is 2.08 bits per heavy atom. The van der Waals surface area contributed by atoms with Crippen molar-refractivity contribution in [2.75, 3.05) is 0 Å². The van der Waals surface area contributed by atoms with Gasteiger partial charge in [0.05, 0.1) is 6.10 Å². The molecule has 1 aliphatic carbocycles. The predicted molar refractivity (Wildman–Crippen MR) is 60.5 cm³/mol. The largest absolute Gasteiger partial charge is 0.388 e. The molecule has 0 saturated carbocycles. The second-order valence-electron chi connectivity index (χ2n) is 3.17. The van der Waals surface area contributed by atoms with Gasteiger partial charge >= 0.3 is 0 Å². The molecule has 1 nitrogen and oxygen atoms in total. The first-order chi connectivity index (χ1) is 6.09. The van der Waals surface area contributed by atoms with Crippen molar-refractivity contribution in [3.8, 4) is 0 Å². The van der Waals surface area contributed by atoms with E-state index >= 15 is 0 Å². The van der Waals surface area contributed by atoms with Crippen molar-refractivity contribution in [3.63, 3.8) is 0 Å². The number of halogens is 2. The maximum Gasteiger partial charge on any atom is 0.0847 e. The molecule has 0 radical (unpaired) electrons. The summed E-state index contributed by atoms with van der Waals surface area (Å²) >= 11 is 6.85. The summed E-state index contributed by atoms with van der Waals surface area (Å²) in [6.45, 7) is 3.93. The molecular formula is C10H8Br2O. The van der Waals surface area contributed by atoms with Crippen LogP contribution < -0.4 is 0 Å². The zero-order chi connectivity index (χ0) is 9.59. The van der Waals surface area contributed by atoms with Gasteiger partial charge in [0, 0.05) is 20.9 Å². The molecule has 68 valence electrons. The van der Waals surface area contributed by atoms with Crippen LogP contribution in [0, 0.1) is 0 Å². The SMILES string of the molecule is C=C1CC(O)c2c(Br)cc(Br)cc21. The third-order valence-corrected chi connectivity index (χ3v) is 3.36. The molecule has 1 aliphatic rings. The summed E-state index contributed by atoms with van der Waals surface area (Å²) in [6, 6.07) is 3.94. The van der Waals surface area contributed by atoms with E-state index in [1.165, 1.54) is 0 Å². The topological polar surface area (TPSA) is 20.2 Å². The number of benzene rings is 1. The lowest BCUT2D eigenvalue weighted by Crippen LogP contribution is -1.91. The minimum Gasteiger partial charge on any atom is -0.388 e. The van der Waals surface area contributed by atoms with Crippen molar-refractivity contribution < 1.29 is 5.11 Å². The van der Waals surface area contributed by atoms with E-state index in [-0.39, 0.29) is 0 Å². The van der Waals surface area contributed by atoms with Crippen LogP contribution in [0.4, 0.5) is 0 Å². The number of fused-ring (bicyclic) bond motifs is 1. The van der Waals surface area contributed by atoms with Gasteiger partial charge in [0.1, 0.15) is 0 Å². The Balaban J connectivity index is 2.69. The first-order valence-corrected chi connectivity index (χ1v) is 5.53. The molecule has 1 aromatic rings. The minimum atomic E-state index is -0.398. The molecule has 0 aromatic heterocycles. The zero-order valence-corrected chi connectivity index (χ0v) is 10.0. The van der Waals surface area contributed by atoms with Crippen LogP contribution in [0.25, 0.3) is 5.57 Å². The van der Waals surface area contributed by atoms with Gasteiger partial charge in [-0.2, -0.15) is 0 Å². The van der Waals surface area contributed by atoms with Gasteiger partial charge in [0.25, 0.3) is 0 Å². The lowest BCUT2D eigenvalue weighted by molar-refractivity contribution is 0.189. The Kier molecular flexibility index (Phi) is 2.34. The fraction of sp³-hybridized carbons (Fsp3) is 0.200.